The average molecular weight is 285 g/mol. The minimum Gasteiger partial charge on any atom is -0.360 e. The number of aromatic amines is 1. The molecule has 0 saturated carbocycles. The van der Waals surface area contributed by atoms with E-state index in [4.69, 9.17) is 4.98 Å². The Bertz CT molecular complexity index is 747. The van der Waals surface area contributed by atoms with Crippen molar-refractivity contribution in [2.24, 2.45) is 0 Å². The van der Waals surface area contributed by atoms with Crippen molar-refractivity contribution in [2.45, 2.75) is 33.2 Å². The zero-order valence-electron chi connectivity index (χ0n) is 12.2. The largest absolute Gasteiger partial charge is 0.360 e. The molecule has 0 unspecified atom stereocenters. The highest BCUT2D eigenvalue weighted by Crippen LogP contribution is 2.35. The van der Waals surface area contributed by atoms with Gasteiger partial charge in [-0.15, -0.1) is 11.3 Å². The highest BCUT2D eigenvalue weighted by molar-refractivity contribution is 7.16. The van der Waals surface area contributed by atoms with Crippen LogP contribution in [0.15, 0.2) is 30.5 Å². The first-order chi connectivity index (χ1) is 9.44. The molecule has 0 amide bonds. The molecule has 0 saturated heterocycles. The van der Waals surface area contributed by atoms with Crippen LogP contribution < -0.4 is 5.32 Å². The first kappa shape index (κ1) is 13.2. The molecule has 104 valence electrons. The van der Waals surface area contributed by atoms with E-state index in [1.165, 1.54) is 15.8 Å². The van der Waals surface area contributed by atoms with Crippen LogP contribution in [-0.2, 0) is 0 Å². The van der Waals surface area contributed by atoms with Gasteiger partial charge in [0.05, 0.1) is 5.69 Å². The van der Waals surface area contributed by atoms with E-state index < -0.39 is 0 Å². The predicted molar refractivity (Wildman–Crippen MR) is 87.5 cm³/mol. The number of nitrogens with one attached hydrogen (secondary N) is 2. The van der Waals surface area contributed by atoms with Crippen molar-refractivity contribution in [1.29, 1.82) is 0 Å². The number of anilines is 1. The molecule has 2 N–H and O–H groups in total. The van der Waals surface area contributed by atoms with E-state index in [9.17, 15) is 0 Å². The summed E-state index contributed by atoms with van der Waals surface area (Å²) in [4.78, 5) is 9.33. The number of nitrogens with zero attached hydrogens (tertiary/aromatic N) is 1. The number of thiazole rings is 1. The molecular formula is C16H19N3S. The number of para-hydroxylation sites is 1. The van der Waals surface area contributed by atoms with Gasteiger partial charge in [0, 0.05) is 33.1 Å². The molecule has 3 rings (SSSR count). The van der Waals surface area contributed by atoms with Gasteiger partial charge in [0.2, 0.25) is 0 Å². The van der Waals surface area contributed by atoms with Crippen LogP contribution in [0.5, 0.6) is 0 Å². The number of H-pyrrole nitrogens is 1. The molecule has 0 aliphatic carbocycles. The normalized spacial score (nSPS) is 12.0. The Morgan fingerprint density at radius 1 is 1.20 bits per heavy atom. The van der Waals surface area contributed by atoms with Gasteiger partial charge in [0.15, 0.2) is 5.13 Å². The summed E-state index contributed by atoms with van der Waals surface area (Å²) in [5.41, 5.74) is 3.43. The molecule has 3 aromatic rings. The number of hydrogen-bond donors (Lipinski definition) is 2. The van der Waals surface area contributed by atoms with E-state index in [1.807, 2.05) is 12.3 Å². The second kappa shape index (κ2) is 4.63. The summed E-state index contributed by atoms with van der Waals surface area (Å²) in [6.45, 7) is 8.57. The minimum absolute atomic E-state index is 0.0295. The monoisotopic (exact) mass is 285 g/mol. The van der Waals surface area contributed by atoms with E-state index in [0.29, 0.717) is 0 Å². The minimum atomic E-state index is 0.0295. The van der Waals surface area contributed by atoms with Gasteiger partial charge in [-0.3, -0.25) is 0 Å². The van der Waals surface area contributed by atoms with Gasteiger partial charge in [-0.2, -0.15) is 0 Å². The van der Waals surface area contributed by atoms with Gasteiger partial charge < -0.3 is 10.3 Å². The highest BCUT2D eigenvalue weighted by atomic mass is 32.1. The number of aryl methyl sites for hydroxylation is 1. The third kappa shape index (κ3) is 2.43. The van der Waals surface area contributed by atoms with Crippen LogP contribution in [0, 0.1) is 6.92 Å². The maximum absolute atomic E-state index is 4.78. The second-order valence-corrected chi connectivity index (χ2v) is 7.25. The van der Waals surface area contributed by atoms with Gasteiger partial charge in [-0.05, 0) is 33.8 Å². The number of fused-ring (bicyclic) bond motifs is 1. The number of hydrogen-bond acceptors (Lipinski definition) is 3. The molecule has 0 fully saturated rings. The van der Waals surface area contributed by atoms with Crippen molar-refractivity contribution in [3.8, 4) is 11.3 Å². The third-order valence-electron chi connectivity index (χ3n) is 3.12. The van der Waals surface area contributed by atoms with Crippen LogP contribution in [-0.4, -0.2) is 15.5 Å². The van der Waals surface area contributed by atoms with Crippen molar-refractivity contribution >= 4 is 27.4 Å². The Morgan fingerprint density at radius 2 is 1.95 bits per heavy atom. The van der Waals surface area contributed by atoms with Crippen LogP contribution >= 0.6 is 11.3 Å². The van der Waals surface area contributed by atoms with Gasteiger partial charge in [-0.25, -0.2) is 4.98 Å². The first-order valence-electron chi connectivity index (χ1n) is 6.76. The van der Waals surface area contributed by atoms with E-state index in [0.717, 1.165) is 16.3 Å². The van der Waals surface area contributed by atoms with Crippen molar-refractivity contribution < 1.29 is 0 Å². The summed E-state index contributed by atoms with van der Waals surface area (Å²) in [5, 5.41) is 5.66. The maximum atomic E-state index is 4.78. The van der Waals surface area contributed by atoms with Crippen molar-refractivity contribution in [3.63, 3.8) is 0 Å². The zero-order chi connectivity index (χ0) is 14.3. The lowest BCUT2D eigenvalue weighted by Gasteiger charge is -2.19. The molecule has 3 nitrogen and oxygen atoms in total. The Kier molecular flexibility index (Phi) is 3.05. The van der Waals surface area contributed by atoms with E-state index >= 15 is 0 Å². The molecule has 0 atom stereocenters. The Labute approximate surface area is 123 Å². The maximum Gasteiger partial charge on any atom is 0.183 e. The quantitative estimate of drug-likeness (QED) is 0.709. The number of aromatic nitrogens is 2. The van der Waals surface area contributed by atoms with Gasteiger partial charge in [0.25, 0.3) is 0 Å². The average Bonchev–Trinajstić information content (AvgIpc) is 2.90. The van der Waals surface area contributed by atoms with Crippen molar-refractivity contribution in [1.82, 2.24) is 9.97 Å². The van der Waals surface area contributed by atoms with E-state index in [-0.39, 0.29) is 5.54 Å². The first-order valence-corrected chi connectivity index (χ1v) is 7.58. The number of rotatable bonds is 2. The SMILES string of the molecule is Cc1sc(NC(C)(C)C)nc1-c1c[nH]c2ccccc12. The summed E-state index contributed by atoms with van der Waals surface area (Å²) in [6.07, 6.45) is 2.05. The summed E-state index contributed by atoms with van der Waals surface area (Å²) >= 11 is 1.71. The lowest BCUT2D eigenvalue weighted by Crippen LogP contribution is -2.25. The molecule has 20 heavy (non-hydrogen) atoms. The Balaban J connectivity index is 2.06. The highest BCUT2D eigenvalue weighted by Gasteiger charge is 2.17. The molecule has 2 aromatic heterocycles. The van der Waals surface area contributed by atoms with Crippen LogP contribution in [0.1, 0.15) is 25.6 Å². The fraction of sp³-hybridized carbons (Fsp3) is 0.312. The smallest absolute Gasteiger partial charge is 0.183 e. The lowest BCUT2D eigenvalue weighted by atomic mass is 10.1. The fourth-order valence-corrected chi connectivity index (χ4v) is 3.32. The molecule has 0 bridgehead atoms. The number of benzene rings is 1. The summed E-state index contributed by atoms with van der Waals surface area (Å²) in [5.74, 6) is 0. The lowest BCUT2D eigenvalue weighted by molar-refractivity contribution is 0.633. The summed E-state index contributed by atoms with van der Waals surface area (Å²) in [7, 11) is 0. The molecule has 2 heterocycles. The molecule has 0 spiro atoms. The molecular weight excluding hydrogens is 266 g/mol. The molecule has 0 aliphatic heterocycles. The molecule has 0 radical (unpaired) electrons. The van der Waals surface area contributed by atoms with E-state index in [1.54, 1.807) is 11.3 Å². The zero-order valence-corrected chi connectivity index (χ0v) is 13.1. The molecule has 0 aliphatic rings. The predicted octanol–water partition coefficient (Wildman–Crippen LogP) is 4.81. The third-order valence-corrected chi connectivity index (χ3v) is 4.01. The van der Waals surface area contributed by atoms with Crippen LogP contribution in [0.4, 0.5) is 5.13 Å². The standard InChI is InChI=1S/C16H19N3S/c1-10-14(18-15(20-10)19-16(2,3)4)12-9-17-13-8-6-5-7-11(12)13/h5-9,17H,1-4H3,(H,18,19). The fourth-order valence-electron chi connectivity index (χ4n) is 2.29. The summed E-state index contributed by atoms with van der Waals surface area (Å²) in [6, 6.07) is 8.34. The Hall–Kier alpha value is -1.81. The van der Waals surface area contributed by atoms with Gasteiger partial charge >= 0.3 is 0 Å². The van der Waals surface area contributed by atoms with Gasteiger partial charge in [0.1, 0.15) is 0 Å². The summed E-state index contributed by atoms with van der Waals surface area (Å²) < 4.78 is 0. The van der Waals surface area contributed by atoms with Crippen molar-refractivity contribution in [2.75, 3.05) is 5.32 Å². The second-order valence-electron chi connectivity index (χ2n) is 6.05. The van der Waals surface area contributed by atoms with Crippen LogP contribution in [0.2, 0.25) is 0 Å². The topological polar surface area (TPSA) is 40.7 Å². The van der Waals surface area contributed by atoms with Crippen LogP contribution in [0.3, 0.4) is 0 Å². The van der Waals surface area contributed by atoms with Crippen LogP contribution in [0.25, 0.3) is 22.2 Å². The Morgan fingerprint density at radius 3 is 2.70 bits per heavy atom. The van der Waals surface area contributed by atoms with Crippen molar-refractivity contribution in [3.05, 3.63) is 35.3 Å². The molecule has 1 aromatic carbocycles. The molecule has 4 heteroatoms. The van der Waals surface area contributed by atoms with Gasteiger partial charge in [-0.1, -0.05) is 18.2 Å². The van der Waals surface area contributed by atoms with E-state index in [2.05, 4.69) is 56.2 Å².